The maximum atomic E-state index is 12.0. The number of amides is 1. The second kappa shape index (κ2) is 5.18. The van der Waals surface area contributed by atoms with Crippen LogP contribution in [-0.4, -0.2) is 17.4 Å². The first-order chi connectivity index (χ1) is 9.78. The summed E-state index contributed by atoms with van der Waals surface area (Å²) in [6.45, 7) is 0.591. The van der Waals surface area contributed by atoms with E-state index in [1.54, 1.807) is 11.1 Å². The van der Waals surface area contributed by atoms with Gasteiger partial charge in [-0.15, -0.1) is 12.3 Å². The highest BCUT2D eigenvalue weighted by Crippen LogP contribution is 2.27. The third kappa shape index (κ3) is 2.28. The van der Waals surface area contributed by atoms with Crippen LogP contribution in [0.1, 0.15) is 6.42 Å². The minimum Gasteiger partial charge on any atom is -0.311 e. The molecule has 1 atom stereocenters. The van der Waals surface area contributed by atoms with Crippen molar-refractivity contribution >= 4 is 11.6 Å². The van der Waals surface area contributed by atoms with Gasteiger partial charge < -0.3 is 4.90 Å². The van der Waals surface area contributed by atoms with Crippen molar-refractivity contribution in [1.82, 2.24) is 4.98 Å². The zero-order valence-corrected chi connectivity index (χ0v) is 11.0. The summed E-state index contributed by atoms with van der Waals surface area (Å²) in [5, 5.41) is 0. The lowest BCUT2D eigenvalue weighted by Crippen LogP contribution is -2.24. The number of terminal acetylenes is 1. The van der Waals surface area contributed by atoms with Crippen molar-refractivity contribution in [3.05, 3.63) is 48.7 Å². The molecule has 2 heterocycles. The van der Waals surface area contributed by atoms with Gasteiger partial charge in [0.2, 0.25) is 5.91 Å². The Morgan fingerprint density at radius 2 is 2.05 bits per heavy atom. The van der Waals surface area contributed by atoms with Crippen LogP contribution in [0.5, 0.6) is 0 Å². The number of rotatable bonds is 2. The van der Waals surface area contributed by atoms with Gasteiger partial charge in [0.15, 0.2) is 0 Å². The first kappa shape index (κ1) is 12.4. The Morgan fingerprint density at radius 1 is 1.25 bits per heavy atom. The number of carbonyl (C=O) groups excluding carboxylic acids is 1. The topological polar surface area (TPSA) is 33.2 Å². The molecule has 0 saturated carbocycles. The molecule has 1 aromatic heterocycles. The molecule has 1 aliphatic heterocycles. The van der Waals surface area contributed by atoms with E-state index >= 15 is 0 Å². The minimum atomic E-state index is 0.0100. The molecule has 1 aliphatic rings. The van der Waals surface area contributed by atoms with Crippen molar-refractivity contribution in [3.63, 3.8) is 0 Å². The van der Waals surface area contributed by atoms with E-state index in [1.807, 2.05) is 42.5 Å². The summed E-state index contributed by atoms with van der Waals surface area (Å²) < 4.78 is 0. The lowest BCUT2D eigenvalue weighted by molar-refractivity contribution is -0.117. The highest BCUT2D eigenvalue weighted by Gasteiger charge is 2.29. The average molecular weight is 262 g/mol. The molecule has 1 unspecified atom stereocenters. The average Bonchev–Trinajstić information content (AvgIpc) is 2.89. The van der Waals surface area contributed by atoms with E-state index in [0.29, 0.717) is 13.0 Å². The standard InChI is InChI=1S/C17H14N2O/c1-2-13-10-17(20)19(12-13)15-8-9-18-16(11-15)14-6-4-3-5-7-14/h1,3-9,11,13H,10,12H2. The highest BCUT2D eigenvalue weighted by atomic mass is 16.2. The number of hydrogen-bond acceptors (Lipinski definition) is 2. The fourth-order valence-corrected chi connectivity index (χ4v) is 2.42. The normalized spacial score (nSPS) is 18.1. The van der Waals surface area contributed by atoms with E-state index in [-0.39, 0.29) is 11.8 Å². The summed E-state index contributed by atoms with van der Waals surface area (Å²) in [6, 6.07) is 13.7. The third-order valence-corrected chi connectivity index (χ3v) is 3.49. The molecule has 3 nitrogen and oxygen atoms in total. The molecule has 1 fully saturated rings. The Balaban J connectivity index is 1.93. The Labute approximate surface area is 118 Å². The molecule has 1 amide bonds. The second-order valence-electron chi connectivity index (χ2n) is 4.84. The summed E-state index contributed by atoms with van der Waals surface area (Å²) in [7, 11) is 0. The van der Waals surface area contributed by atoms with Crippen LogP contribution in [0.4, 0.5) is 5.69 Å². The number of benzene rings is 1. The predicted octanol–water partition coefficient (Wildman–Crippen LogP) is 2.73. The van der Waals surface area contributed by atoms with E-state index in [2.05, 4.69) is 10.9 Å². The van der Waals surface area contributed by atoms with Gasteiger partial charge in [0.05, 0.1) is 5.69 Å². The lowest BCUT2D eigenvalue weighted by Gasteiger charge is -2.16. The quantitative estimate of drug-likeness (QED) is 0.780. The van der Waals surface area contributed by atoms with Crippen molar-refractivity contribution in [2.75, 3.05) is 11.4 Å². The molecule has 0 bridgehead atoms. The van der Waals surface area contributed by atoms with Crippen LogP contribution >= 0.6 is 0 Å². The van der Waals surface area contributed by atoms with Crippen LogP contribution < -0.4 is 4.90 Å². The number of pyridine rings is 1. The Kier molecular flexibility index (Phi) is 3.22. The highest BCUT2D eigenvalue weighted by molar-refractivity contribution is 5.96. The van der Waals surface area contributed by atoms with Crippen LogP contribution in [0.15, 0.2) is 48.7 Å². The fraction of sp³-hybridized carbons (Fsp3) is 0.176. The largest absolute Gasteiger partial charge is 0.311 e. The molecule has 0 aliphatic carbocycles. The molecule has 1 aromatic carbocycles. The van der Waals surface area contributed by atoms with Crippen LogP contribution in [0.2, 0.25) is 0 Å². The summed E-state index contributed by atoms with van der Waals surface area (Å²) >= 11 is 0. The Hall–Kier alpha value is -2.60. The first-order valence-electron chi connectivity index (χ1n) is 6.56. The van der Waals surface area contributed by atoms with E-state index in [4.69, 9.17) is 6.42 Å². The molecule has 98 valence electrons. The van der Waals surface area contributed by atoms with E-state index in [0.717, 1.165) is 16.9 Å². The van der Waals surface area contributed by atoms with Crippen molar-refractivity contribution in [2.45, 2.75) is 6.42 Å². The molecule has 0 N–H and O–H groups in total. The molecule has 0 spiro atoms. The molecular weight excluding hydrogens is 248 g/mol. The number of anilines is 1. The lowest BCUT2D eigenvalue weighted by atomic mass is 10.1. The second-order valence-corrected chi connectivity index (χ2v) is 4.84. The van der Waals surface area contributed by atoms with Gasteiger partial charge in [0.1, 0.15) is 0 Å². The molecule has 20 heavy (non-hydrogen) atoms. The van der Waals surface area contributed by atoms with E-state index < -0.39 is 0 Å². The maximum Gasteiger partial charge on any atom is 0.228 e. The smallest absolute Gasteiger partial charge is 0.228 e. The summed E-state index contributed by atoms with van der Waals surface area (Å²) in [5.74, 6) is 2.75. The van der Waals surface area contributed by atoms with Crippen molar-refractivity contribution in [1.29, 1.82) is 0 Å². The monoisotopic (exact) mass is 262 g/mol. The Bertz CT molecular complexity index is 673. The van der Waals surface area contributed by atoms with Crippen molar-refractivity contribution < 1.29 is 4.79 Å². The number of nitrogens with zero attached hydrogens (tertiary/aromatic N) is 2. The number of aromatic nitrogens is 1. The summed E-state index contributed by atoms with van der Waals surface area (Å²) in [4.78, 5) is 18.1. The number of carbonyl (C=O) groups is 1. The molecule has 2 aromatic rings. The summed E-state index contributed by atoms with van der Waals surface area (Å²) in [5.41, 5.74) is 2.76. The van der Waals surface area contributed by atoms with E-state index in [1.165, 1.54) is 0 Å². The summed E-state index contributed by atoms with van der Waals surface area (Å²) in [6.07, 6.45) is 7.58. The Morgan fingerprint density at radius 3 is 2.75 bits per heavy atom. The van der Waals surface area contributed by atoms with Crippen molar-refractivity contribution in [3.8, 4) is 23.6 Å². The van der Waals surface area contributed by atoms with Gasteiger partial charge in [0, 0.05) is 36.3 Å². The molecule has 0 radical (unpaired) electrons. The molecule has 3 rings (SSSR count). The van der Waals surface area contributed by atoms with Gasteiger partial charge in [0.25, 0.3) is 0 Å². The van der Waals surface area contributed by atoms with Crippen LogP contribution in [0, 0.1) is 18.3 Å². The van der Waals surface area contributed by atoms with Crippen LogP contribution in [-0.2, 0) is 4.79 Å². The fourth-order valence-electron chi connectivity index (χ4n) is 2.42. The molecule has 3 heteroatoms. The van der Waals surface area contributed by atoms with Crippen LogP contribution in [0.3, 0.4) is 0 Å². The van der Waals surface area contributed by atoms with Gasteiger partial charge >= 0.3 is 0 Å². The predicted molar refractivity (Wildman–Crippen MR) is 79.0 cm³/mol. The van der Waals surface area contributed by atoms with E-state index in [9.17, 15) is 4.79 Å². The number of hydrogen-bond donors (Lipinski definition) is 0. The zero-order valence-electron chi connectivity index (χ0n) is 11.0. The first-order valence-corrected chi connectivity index (χ1v) is 6.56. The third-order valence-electron chi connectivity index (χ3n) is 3.49. The van der Waals surface area contributed by atoms with Gasteiger partial charge in [-0.05, 0) is 12.1 Å². The molecular formula is C17H14N2O. The van der Waals surface area contributed by atoms with Gasteiger partial charge in [-0.3, -0.25) is 9.78 Å². The van der Waals surface area contributed by atoms with Crippen LogP contribution in [0.25, 0.3) is 11.3 Å². The van der Waals surface area contributed by atoms with Gasteiger partial charge in [-0.25, -0.2) is 0 Å². The van der Waals surface area contributed by atoms with Gasteiger partial charge in [-0.1, -0.05) is 30.3 Å². The molecule has 1 saturated heterocycles. The van der Waals surface area contributed by atoms with Gasteiger partial charge in [-0.2, -0.15) is 0 Å². The minimum absolute atomic E-state index is 0.0100. The van der Waals surface area contributed by atoms with Crippen molar-refractivity contribution in [2.24, 2.45) is 5.92 Å². The SMILES string of the molecule is C#CC1CC(=O)N(c2ccnc(-c3ccccc3)c2)C1. The maximum absolute atomic E-state index is 12.0. The zero-order chi connectivity index (χ0) is 13.9.